The number of halogens is 1. The fraction of sp³-hybridized carbons (Fsp3) is 0.423. The molecule has 10 nitrogen and oxygen atoms in total. The van der Waals surface area contributed by atoms with E-state index in [-0.39, 0.29) is 11.8 Å². The van der Waals surface area contributed by atoms with Crippen molar-refractivity contribution in [3.8, 4) is 17.0 Å². The molecule has 1 unspecified atom stereocenters. The SMILES string of the molecule is Cc1c(-c2cc3cc(NC(=O)OC4[C@H]5CN(C6COC6)C[C@@H]45)ncc3c(N)c2F)cnc2c1NCCO2. The highest BCUT2D eigenvalue weighted by molar-refractivity contribution is 5.99. The summed E-state index contributed by atoms with van der Waals surface area (Å²) in [7, 11) is 0. The monoisotopic (exact) mass is 506 g/mol. The number of likely N-dealkylation sites (tertiary alicyclic amines) is 1. The molecule has 2 aromatic heterocycles. The third kappa shape index (κ3) is 3.72. The average Bonchev–Trinajstić information content (AvgIpc) is 3.28. The minimum atomic E-state index is -0.543. The number of carbonyl (C=O) groups excluding carboxylic acids is 1. The zero-order valence-corrected chi connectivity index (χ0v) is 20.3. The number of anilines is 3. The number of benzene rings is 1. The van der Waals surface area contributed by atoms with Crippen LogP contribution in [0.5, 0.6) is 5.88 Å². The van der Waals surface area contributed by atoms with Crippen LogP contribution in [0, 0.1) is 24.6 Å². The average molecular weight is 507 g/mol. The summed E-state index contributed by atoms with van der Waals surface area (Å²) in [5, 5.41) is 7.09. The van der Waals surface area contributed by atoms with E-state index in [0.29, 0.717) is 64.6 Å². The molecule has 3 aromatic rings. The second kappa shape index (κ2) is 8.42. The van der Waals surface area contributed by atoms with E-state index in [4.69, 9.17) is 19.9 Å². The van der Waals surface area contributed by atoms with E-state index in [1.807, 2.05) is 6.92 Å². The Balaban J connectivity index is 1.10. The highest BCUT2D eigenvalue weighted by Crippen LogP contribution is 2.49. The van der Waals surface area contributed by atoms with Gasteiger partial charge in [-0.1, -0.05) is 0 Å². The number of amides is 1. The molecule has 3 fully saturated rings. The van der Waals surface area contributed by atoms with Crippen molar-refractivity contribution in [3.63, 3.8) is 0 Å². The van der Waals surface area contributed by atoms with Gasteiger partial charge < -0.3 is 25.3 Å². The Morgan fingerprint density at radius 2 is 2.03 bits per heavy atom. The molecule has 11 heteroatoms. The summed E-state index contributed by atoms with van der Waals surface area (Å²) in [6.07, 6.45) is 2.45. The Morgan fingerprint density at radius 1 is 1.22 bits per heavy atom. The van der Waals surface area contributed by atoms with E-state index in [1.165, 1.54) is 6.20 Å². The van der Waals surface area contributed by atoms with Crippen molar-refractivity contribution >= 4 is 34.1 Å². The van der Waals surface area contributed by atoms with E-state index in [1.54, 1.807) is 18.3 Å². The van der Waals surface area contributed by atoms with Crippen LogP contribution in [-0.4, -0.2) is 72.6 Å². The molecule has 0 radical (unpaired) electrons. The molecule has 3 atom stereocenters. The van der Waals surface area contributed by atoms with E-state index in [9.17, 15) is 4.79 Å². The maximum Gasteiger partial charge on any atom is 0.413 e. The number of carbonyl (C=O) groups is 1. The van der Waals surface area contributed by atoms with Gasteiger partial charge in [0.05, 0.1) is 24.9 Å². The summed E-state index contributed by atoms with van der Waals surface area (Å²) in [4.78, 5) is 23.6. The number of rotatable bonds is 4. The molecule has 0 spiro atoms. The van der Waals surface area contributed by atoms with E-state index < -0.39 is 11.9 Å². The van der Waals surface area contributed by atoms with Crippen LogP contribution < -0.4 is 21.1 Å². The summed E-state index contributed by atoms with van der Waals surface area (Å²) in [5.41, 5.74) is 8.64. The number of hydrogen-bond acceptors (Lipinski definition) is 9. The molecular formula is C26H27FN6O4. The number of nitrogens with two attached hydrogens (primary N) is 1. The largest absolute Gasteiger partial charge is 0.474 e. The topological polar surface area (TPSA) is 124 Å². The summed E-state index contributed by atoms with van der Waals surface area (Å²) in [5.74, 6) is 1.03. The molecule has 1 saturated carbocycles. The quantitative estimate of drug-likeness (QED) is 0.458. The van der Waals surface area contributed by atoms with E-state index in [2.05, 4.69) is 25.5 Å². The summed E-state index contributed by atoms with van der Waals surface area (Å²) >= 11 is 0. The first-order valence-electron chi connectivity index (χ1n) is 12.5. The normalized spacial score (nSPS) is 24.4. The zero-order chi connectivity index (χ0) is 25.3. The maximum atomic E-state index is 15.4. The predicted molar refractivity (Wildman–Crippen MR) is 135 cm³/mol. The van der Waals surface area contributed by atoms with E-state index in [0.717, 1.165) is 37.6 Å². The van der Waals surface area contributed by atoms with Crippen LogP contribution in [0.3, 0.4) is 0 Å². The third-order valence-corrected chi connectivity index (χ3v) is 7.99. The van der Waals surface area contributed by atoms with Crippen molar-refractivity contribution in [1.29, 1.82) is 0 Å². The van der Waals surface area contributed by atoms with Gasteiger partial charge >= 0.3 is 6.09 Å². The van der Waals surface area contributed by atoms with E-state index >= 15 is 4.39 Å². The van der Waals surface area contributed by atoms with Gasteiger partial charge in [-0.05, 0) is 30.0 Å². The van der Waals surface area contributed by atoms with Gasteiger partial charge in [0.25, 0.3) is 0 Å². The van der Waals surface area contributed by atoms with Crippen molar-refractivity contribution < 1.29 is 23.4 Å². The van der Waals surface area contributed by atoms with Crippen LogP contribution in [0.25, 0.3) is 21.9 Å². The lowest BCUT2D eigenvalue weighted by Crippen LogP contribution is -2.49. The van der Waals surface area contributed by atoms with Gasteiger partial charge in [0, 0.05) is 60.4 Å². The Bertz CT molecular complexity index is 1420. The molecule has 5 heterocycles. The Hall–Kier alpha value is -3.70. The zero-order valence-electron chi connectivity index (χ0n) is 20.3. The molecule has 4 aliphatic rings. The number of ether oxygens (including phenoxy) is 3. The van der Waals surface area contributed by atoms with Crippen LogP contribution in [0.4, 0.5) is 26.4 Å². The molecule has 1 aromatic carbocycles. The molecule has 0 bridgehead atoms. The fourth-order valence-corrected chi connectivity index (χ4v) is 5.72. The van der Waals surface area contributed by atoms with Crippen LogP contribution >= 0.6 is 0 Å². The van der Waals surface area contributed by atoms with Gasteiger partial charge in [-0.2, -0.15) is 0 Å². The van der Waals surface area contributed by atoms with Crippen LogP contribution in [-0.2, 0) is 9.47 Å². The third-order valence-electron chi connectivity index (χ3n) is 7.99. The minimum Gasteiger partial charge on any atom is -0.474 e. The Labute approximate surface area is 212 Å². The van der Waals surface area contributed by atoms with Crippen molar-refractivity contribution in [2.24, 2.45) is 11.8 Å². The van der Waals surface area contributed by atoms with Crippen molar-refractivity contribution in [3.05, 3.63) is 35.9 Å². The van der Waals surface area contributed by atoms with Crippen LogP contribution in [0.1, 0.15) is 5.56 Å². The second-order valence-electron chi connectivity index (χ2n) is 10.2. The summed E-state index contributed by atoms with van der Waals surface area (Å²) in [6, 6.07) is 3.88. The van der Waals surface area contributed by atoms with Crippen molar-refractivity contribution in [1.82, 2.24) is 14.9 Å². The lowest BCUT2D eigenvalue weighted by atomic mass is 9.97. The molecule has 2 saturated heterocycles. The molecular weight excluding hydrogens is 479 g/mol. The van der Waals surface area contributed by atoms with Gasteiger partial charge in [-0.15, -0.1) is 0 Å². The highest BCUT2D eigenvalue weighted by atomic mass is 19.1. The standard InChI is InChI=1S/C26H27FN6O4/c1-12-16(6-31-25-23(12)29-2-3-36-25)15-4-13-5-20(30-7-17(13)22(28)21(15)27)32-26(34)37-24-18-8-33(9-19(18)24)14-10-35-11-14/h4-7,14,18-19,24,29H,2-3,8-11,28H2,1H3,(H,30,32,34)/t18-,19+,24?. The minimum absolute atomic E-state index is 0.0114. The number of nitrogen functional groups attached to an aromatic ring is 1. The first-order chi connectivity index (χ1) is 18.0. The summed E-state index contributed by atoms with van der Waals surface area (Å²) < 4.78 is 31.9. The van der Waals surface area contributed by atoms with Crippen molar-refractivity contribution in [2.75, 3.05) is 55.8 Å². The fourth-order valence-electron chi connectivity index (χ4n) is 5.72. The van der Waals surface area contributed by atoms with Gasteiger partial charge in [0.1, 0.15) is 24.2 Å². The van der Waals surface area contributed by atoms with Gasteiger partial charge in [0.2, 0.25) is 5.88 Å². The Kier molecular flexibility index (Phi) is 5.12. The molecule has 192 valence electrons. The van der Waals surface area contributed by atoms with Gasteiger partial charge in [-0.25, -0.2) is 19.2 Å². The number of nitrogens with zero attached hydrogens (tertiary/aromatic N) is 3. The molecule has 1 aliphatic carbocycles. The smallest absolute Gasteiger partial charge is 0.413 e. The number of pyridine rings is 2. The number of hydrogen-bond donors (Lipinski definition) is 3. The van der Waals surface area contributed by atoms with Crippen LogP contribution in [0.2, 0.25) is 0 Å². The Morgan fingerprint density at radius 3 is 2.78 bits per heavy atom. The highest BCUT2D eigenvalue weighted by Gasteiger charge is 2.59. The number of fused-ring (bicyclic) bond motifs is 3. The molecule has 4 N–H and O–H groups in total. The van der Waals surface area contributed by atoms with Crippen LogP contribution in [0.15, 0.2) is 24.5 Å². The predicted octanol–water partition coefficient (Wildman–Crippen LogP) is 3.01. The maximum absolute atomic E-state index is 15.4. The van der Waals surface area contributed by atoms with Gasteiger partial charge in [-0.3, -0.25) is 10.2 Å². The summed E-state index contributed by atoms with van der Waals surface area (Å²) in [6.45, 7) is 6.53. The van der Waals surface area contributed by atoms with Crippen molar-refractivity contribution in [2.45, 2.75) is 19.1 Å². The van der Waals surface area contributed by atoms with Gasteiger partial charge in [0.15, 0.2) is 5.82 Å². The molecule has 7 rings (SSSR count). The first kappa shape index (κ1) is 22.5. The lowest BCUT2D eigenvalue weighted by Gasteiger charge is -2.35. The molecule has 3 aliphatic heterocycles. The molecule has 1 amide bonds. The molecule has 37 heavy (non-hydrogen) atoms. The second-order valence-corrected chi connectivity index (χ2v) is 10.2. The lowest BCUT2D eigenvalue weighted by molar-refractivity contribution is -0.0636. The number of nitrogens with one attached hydrogen (secondary N) is 2. The number of aromatic nitrogens is 2. The first-order valence-corrected chi connectivity index (χ1v) is 12.5. The number of piperidine rings is 1.